The summed E-state index contributed by atoms with van der Waals surface area (Å²) in [6.45, 7) is 0. The van der Waals surface area contributed by atoms with Crippen molar-refractivity contribution in [1.82, 2.24) is 30.0 Å². The maximum atomic E-state index is 3.99. The van der Waals surface area contributed by atoms with Gasteiger partial charge < -0.3 is 5.43 Å². The van der Waals surface area contributed by atoms with E-state index in [1.54, 1.807) is 21.9 Å². The Morgan fingerprint density at radius 1 is 1.38 bits per heavy atom. The molecule has 2 aromatic rings. The van der Waals surface area contributed by atoms with Gasteiger partial charge in [-0.25, -0.2) is 5.01 Å². The smallest absolute Gasteiger partial charge is 0.199 e. The van der Waals surface area contributed by atoms with Crippen molar-refractivity contribution in [2.24, 2.45) is 0 Å². The Kier molecular flexibility index (Phi) is 1.78. The number of hydrazine groups is 1. The van der Waals surface area contributed by atoms with E-state index in [2.05, 4.69) is 25.9 Å². The molecule has 13 heavy (non-hydrogen) atoms. The van der Waals surface area contributed by atoms with Crippen LogP contribution in [0, 0.1) is 0 Å². The molecule has 0 atom stereocenters. The topological polar surface area (TPSA) is 71.2 Å². The molecule has 2 heterocycles. The molecule has 0 aromatic carbocycles. The van der Waals surface area contributed by atoms with Crippen molar-refractivity contribution >= 4 is 11.5 Å². The first-order valence-electron chi connectivity index (χ1n) is 3.73. The third-order valence-corrected chi connectivity index (χ3v) is 1.45. The van der Waals surface area contributed by atoms with Gasteiger partial charge in [-0.1, -0.05) is 0 Å². The third kappa shape index (κ3) is 1.41. The Labute approximate surface area is 74.3 Å². The number of nitrogens with one attached hydrogen (secondary N) is 1. The van der Waals surface area contributed by atoms with E-state index < -0.39 is 0 Å². The Hall–Kier alpha value is -1.76. The zero-order valence-corrected chi connectivity index (χ0v) is 7.34. The van der Waals surface area contributed by atoms with E-state index in [1.165, 1.54) is 0 Å². The van der Waals surface area contributed by atoms with Gasteiger partial charge in [0.15, 0.2) is 11.5 Å². The molecule has 0 spiro atoms. The number of hydrogen-bond donors (Lipinski definition) is 1. The predicted molar refractivity (Wildman–Crippen MR) is 45.9 cm³/mol. The molecular weight excluding hydrogens is 170 g/mol. The minimum absolute atomic E-state index is 0.617. The van der Waals surface area contributed by atoms with Crippen LogP contribution in [-0.2, 0) is 0 Å². The minimum atomic E-state index is 0.617. The van der Waals surface area contributed by atoms with Crippen molar-refractivity contribution < 1.29 is 0 Å². The van der Waals surface area contributed by atoms with Crippen molar-refractivity contribution in [1.29, 1.82) is 0 Å². The highest BCUT2D eigenvalue weighted by Crippen LogP contribution is 2.05. The van der Waals surface area contributed by atoms with E-state index in [0.717, 1.165) is 5.82 Å². The van der Waals surface area contributed by atoms with Gasteiger partial charge in [0, 0.05) is 14.1 Å². The van der Waals surface area contributed by atoms with Crippen LogP contribution in [0.4, 0.5) is 5.82 Å². The maximum Gasteiger partial charge on any atom is 0.199 e. The third-order valence-electron chi connectivity index (χ3n) is 1.45. The van der Waals surface area contributed by atoms with Crippen LogP contribution >= 0.6 is 0 Å². The largest absolute Gasteiger partial charge is 0.302 e. The van der Waals surface area contributed by atoms with E-state index in [1.807, 2.05) is 14.1 Å². The van der Waals surface area contributed by atoms with Crippen LogP contribution in [-0.4, -0.2) is 44.1 Å². The fourth-order valence-electron chi connectivity index (χ4n) is 0.981. The Bertz CT molecular complexity index is 406. The molecule has 0 aliphatic carbocycles. The number of nitrogens with zero attached hydrogens (tertiary/aromatic N) is 6. The first-order chi connectivity index (χ1) is 6.27. The lowest BCUT2D eigenvalue weighted by atomic mass is 10.6. The monoisotopic (exact) mass is 179 g/mol. The summed E-state index contributed by atoms with van der Waals surface area (Å²) in [5, 5.41) is 12.9. The molecule has 0 fully saturated rings. The molecule has 1 N–H and O–H groups in total. The highest BCUT2D eigenvalue weighted by Gasteiger charge is 2.02. The summed E-state index contributed by atoms with van der Waals surface area (Å²) in [6, 6.07) is 0. The number of aromatic nitrogens is 5. The van der Waals surface area contributed by atoms with Gasteiger partial charge in [-0.05, 0) is 10.4 Å². The molecule has 0 bridgehead atoms. The number of fused-ring (bicyclic) bond motifs is 1. The molecule has 0 aliphatic rings. The Morgan fingerprint density at radius 3 is 3.00 bits per heavy atom. The van der Waals surface area contributed by atoms with Crippen molar-refractivity contribution in [3.05, 3.63) is 12.4 Å². The summed E-state index contributed by atoms with van der Waals surface area (Å²) in [5.74, 6) is 0.729. The lowest BCUT2D eigenvalue weighted by molar-refractivity contribution is 0.488. The van der Waals surface area contributed by atoms with E-state index in [0.29, 0.717) is 5.65 Å². The molecule has 0 amide bonds. The van der Waals surface area contributed by atoms with E-state index in [4.69, 9.17) is 0 Å². The zero-order chi connectivity index (χ0) is 9.26. The molecule has 0 aliphatic heterocycles. The van der Waals surface area contributed by atoms with Gasteiger partial charge in [-0.2, -0.15) is 4.52 Å². The summed E-state index contributed by atoms with van der Waals surface area (Å²) in [6.07, 6.45) is 3.25. The quantitative estimate of drug-likeness (QED) is 0.621. The first kappa shape index (κ1) is 7.87. The second-order valence-electron chi connectivity index (χ2n) is 2.75. The average Bonchev–Trinajstić information content (AvgIpc) is 2.51. The molecular formula is C6H9N7. The lowest BCUT2D eigenvalue weighted by Gasteiger charge is -2.12. The average molecular weight is 179 g/mol. The van der Waals surface area contributed by atoms with Crippen molar-refractivity contribution in [2.75, 3.05) is 19.5 Å². The molecule has 0 saturated carbocycles. The minimum Gasteiger partial charge on any atom is -0.302 e. The summed E-state index contributed by atoms with van der Waals surface area (Å²) in [5.41, 5.74) is 3.64. The zero-order valence-electron chi connectivity index (χ0n) is 7.34. The normalized spacial score (nSPS) is 11.0. The highest BCUT2D eigenvalue weighted by atomic mass is 15.6. The summed E-state index contributed by atoms with van der Waals surface area (Å²) < 4.78 is 1.58. The summed E-state index contributed by atoms with van der Waals surface area (Å²) in [7, 11) is 3.76. The molecule has 0 unspecified atom stereocenters. The summed E-state index contributed by atoms with van der Waals surface area (Å²) >= 11 is 0. The van der Waals surface area contributed by atoms with Crippen LogP contribution in [0.5, 0.6) is 0 Å². The number of hydrogen-bond acceptors (Lipinski definition) is 6. The molecule has 2 aromatic heterocycles. The van der Waals surface area contributed by atoms with Gasteiger partial charge >= 0.3 is 0 Å². The van der Waals surface area contributed by atoms with Gasteiger partial charge in [0.1, 0.15) is 0 Å². The highest BCUT2D eigenvalue weighted by molar-refractivity contribution is 5.42. The Balaban J connectivity index is 2.48. The number of anilines is 1. The molecule has 7 nitrogen and oxygen atoms in total. The SMILES string of the molecule is CN(C)Nc1cncc2nnnn12. The van der Waals surface area contributed by atoms with Crippen LogP contribution < -0.4 is 5.43 Å². The van der Waals surface area contributed by atoms with Crippen molar-refractivity contribution in [2.45, 2.75) is 0 Å². The van der Waals surface area contributed by atoms with Crippen LogP contribution in [0.3, 0.4) is 0 Å². The molecule has 2 rings (SSSR count). The Morgan fingerprint density at radius 2 is 2.23 bits per heavy atom. The van der Waals surface area contributed by atoms with E-state index >= 15 is 0 Å². The van der Waals surface area contributed by atoms with Crippen LogP contribution in [0.2, 0.25) is 0 Å². The van der Waals surface area contributed by atoms with Crippen molar-refractivity contribution in [3.63, 3.8) is 0 Å². The van der Waals surface area contributed by atoms with Gasteiger partial charge in [0.2, 0.25) is 0 Å². The molecule has 7 heteroatoms. The van der Waals surface area contributed by atoms with Gasteiger partial charge in [0.25, 0.3) is 0 Å². The maximum absolute atomic E-state index is 3.99. The van der Waals surface area contributed by atoms with Crippen LogP contribution in [0.1, 0.15) is 0 Å². The lowest BCUT2D eigenvalue weighted by Crippen LogP contribution is -2.21. The van der Waals surface area contributed by atoms with Crippen LogP contribution in [0.25, 0.3) is 5.65 Å². The van der Waals surface area contributed by atoms with E-state index in [9.17, 15) is 0 Å². The summed E-state index contributed by atoms with van der Waals surface area (Å²) in [4.78, 5) is 3.99. The molecule has 0 saturated heterocycles. The van der Waals surface area contributed by atoms with E-state index in [-0.39, 0.29) is 0 Å². The fraction of sp³-hybridized carbons (Fsp3) is 0.333. The first-order valence-corrected chi connectivity index (χ1v) is 3.73. The molecule has 0 radical (unpaired) electrons. The second-order valence-corrected chi connectivity index (χ2v) is 2.75. The predicted octanol–water partition coefficient (Wildman–Crippen LogP) is -0.592. The van der Waals surface area contributed by atoms with Gasteiger partial charge in [0.05, 0.1) is 12.4 Å². The standard InChI is InChI=1S/C6H9N7/c1-12(2)9-6-4-7-3-5-8-10-11-13(5)6/h3-4,9H,1-2H3. The van der Waals surface area contributed by atoms with Gasteiger partial charge in [-0.3, -0.25) is 4.98 Å². The number of tetrazole rings is 1. The molecule has 68 valence electrons. The van der Waals surface area contributed by atoms with Crippen molar-refractivity contribution in [3.8, 4) is 0 Å². The number of rotatable bonds is 2. The van der Waals surface area contributed by atoms with Crippen LogP contribution in [0.15, 0.2) is 12.4 Å². The second kappa shape index (κ2) is 2.94. The fourth-order valence-corrected chi connectivity index (χ4v) is 0.981. The van der Waals surface area contributed by atoms with Gasteiger partial charge in [-0.15, -0.1) is 5.10 Å².